The lowest BCUT2D eigenvalue weighted by atomic mass is 10.1. The monoisotopic (exact) mass is 208 g/mol. The molecule has 0 heterocycles. The van der Waals surface area contributed by atoms with Gasteiger partial charge in [0.25, 0.3) is 0 Å². The van der Waals surface area contributed by atoms with Crippen molar-refractivity contribution in [1.29, 1.82) is 0 Å². The fourth-order valence-electron chi connectivity index (χ4n) is 1.01. The largest absolute Gasteiger partial charge is 0.465 e. The molecule has 0 aliphatic heterocycles. The molecule has 0 spiro atoms. The summed E-state index contributed by atoms with van der Waals surface area (Å²) in [5.74, 6) is -0.456. The van der Waals surface area contributed by atoms with Crippen LogP contribution in [0.15, 0.2) is 36.6 Å². The molecule has 0 N–H and O–H groups in total. The molecule has 0 aliphatic carbocycles. The van der Waals surface area contributed by atoms with E-state index < -0.39 is 5.97 Å². The maximum atomic E-state index is 11.2. The lowest BCUT2D eigenvalue weighted by molar-refractivity contribution is -0.133. The van der Waals surface area contributed by atoms with E-state index in [4.69, 9.17) is 11.6 Å². The van der Waals surface area contributed by atoms with Crippen molar-refractivity contribution >= 4 is 23.1 Å². The molecular formula is C11H9ClO2. The van der Waals surface area contributed by atoms with Gasteiger partial charge in [0.15, 0.2) is 0 Å². The second-order valence-corrected chi connectivity index (χ2v) is 2.99. The summed E-state index contributed by atoms with van der Waals surface area (Å²) in [4.78, 5) is 11.2. The smallest absolute Gasteiger partial charge is 0.346 e. The van der Waals surface area contributed by atoms with Crippen molar-refractivity contribution in [2.45, 2.75) is 0 Å². The average Bonchev–Trinajstić information content (AvgIpc) is 2.21. The quantitative estimate of drug-likeness (QED) is 0.424. The van der Waals surface area contributed by atoms with Crippen LogP contribution in [0.5, 0.6) is 0 Å². The van der Waals surface area contributed by atoms with Crippen LogP contribution < -0.4 is 0 Å². The number of halogens is 1. The van der Waals surface area contributed by atoms with Gasteiger partial charge in [0.2, 0.25) is 0 Å². The van der Waals surface area contributed by atoms with E-state index in [1.807, 2.05) is 0 Å². The maximum Gasteiger partial charge on any atom is 0.346 e. The van der Waals surface area contributed by atoms with Gasteiger partial charge >= 0.3 is 5.97 Å². The summed E-state index contributed by atoms with van der Waals surface area (Å²) in [5, 5.41) is 0.613. The first kappa shape index (κ1) is 10.6. The van der Waals surface area contributed by atoms with E-state index in [1.54, 1.807) is 24.3 Å². The van der Waals surface area contributed by atoms with E-state index in [9.17, 15) is 4.79 Å². The minimum atomic E-state index is -0.456. The van der Waals surface area contributed by atoms with E-state index >= 15 is 0 Å². The minimum absolute atomic E-state index is 0.309. The average molecular weight is 209 g/mol. The maximum absolute atomic E-state index is 11.2. The Hall–Kier alpha value is -1.50. The highest BCUT2D eigenvalue weighted by Gasteiger charge is 2.10. The molecule has 0 aromatic heterocycles. The summed E-state index contributed by atoms with van der Waals surface area (Å²) >= 11 is 5.71. The topological polar surface area (TPSA) is 26.3 Å². The molecule has 1 aromatic rings. The molecule has 0 unspecified atom stereocenters. The molecule has 0 bridgehead atoms. The fraction of sp³-hybridized carbons (Fsp3) is 0.0909. The SMILES string of the molecule is C=C=C(C(=O)OC)c1ccc(Cl)cc1. The molecule has 1 aromatic carbocycles. The van der Waals surface area contributed by atoms with E-state index in [-0.39, 0.29) is 0 Å². The second kappa shape index (κ2) is 4.66. The lowest BCUT2D eigenvalue weighted by Gasteiger charge is -2.02. The summed E-state index contributed by atoms with van der Waals surface area (Å²) in [6, 6.07) is 6.81. The number of ether oxygens (including phenoxy) is 1. The molecule has 0 atom stereocenters. The minimum Gasteiger partial charge on any atom is -0.465 e. The molecule has 0 fully saturated rings. The summed E-state index contributed by atoms with van der Waals surface area (Å²) < 4.78 is 4.58. The van der Waals surface area contributed by atoms with Crippen LogP contribution in [-0.2, 0) is 9.53 Å². The zero-order valence-electron chi connectivity index (χ0n) is 7.71. The van der Waals surface area contributed by atoms with Crippen LogP contribution in [0.2, 0.25) is 5.02 Å². The van der Waals surface area contributed by atoms with Crippen LogP contribution in [0.25, 0.3) is 5.57 Å². The Kier molecular flexibility index (Phi) is 3.52. The highest BCUT2D eigenvalue weighted by molar-refractivity contribution is 6.30. The Labute approximate surface area is 87.5 Å². The van der Waals surface area contributed by atoms with Crippen molar-refractivity contribution in [3.05, 3.63) is 47.2 Å². The van der Waals surface area contributed by atoms with Crippen LogP contribution in [0.1, 0.15) is 5.56 Å². The Morgan fingerprint density at radius 1 is 1.43 bits per heavy atom. The molecule has 0 radical (unpaired) electrons. The number of carbonyl (C=O) groups excluding carboxylic acids is 1. The zero-order valence-corrected chi connectivity index (χ0v) is 8.47. The number of hydrogen-bond acceptors (Lipinski definition) is 2. The summed E-state index contributed by atoms with van der Waals surface area (Å²) in [5.41, 5.74) is 3.54. The summed E-state index contributed by atoms with van der Waals surface area (Å²) in [6.07, 6.45) is 0. The third-order valence-electron chi connectivity index (χ3n) is 1.70. The highest BCUT2D eigenvalue weighted by atomic mass is 35.5. The van der Waals surface area contributed by atoms with Crippen LogP contribution in [0.4, 0.5) is 0 Å². The molecule has 2 nitrogen and oxygen atoms in total. The normalized spacial score (nSPS) is 9.00. The van der Waals surface area contributed by atoms with Gasteiger partial charge in [0.1, 0.15) is 5.57 Å². The van der Waals surface area contributed by atoms with Crippen molar-refractivity contribution in [3.63, 3.8) is 0 Å². The van der Waals surface area contributed by atoms with E-state index in [1.165, 1.54) is 7.11 Å². The van der Waals surface area contributed by atoms with Crippen LogP contribution in [0.3, 0.4) is 0 Å². The third kappa shape index (κ3) is 2.25. The Morgan fingerprint density at radius 2 is 2.00 bits per heavy atom. The number of carbonyl (C=O) groups is 1. The summed E-state index contributed by atoms with van der Waals surface area (Å²) in [7, 11) is 1.32. The first-order chi connectivity index (χ1) is 6.69. The van der Waals surface area contributed by atoms with Crippen molar-refractivity contribution in [2.75, 3.05) is 7.11 Å². The molecule has 3 heteroatoms. The predicted octanol–water partition coefficient (Wildman–Crippen LogP) is 2.68. The fourth-order valence-corrected chi connectivity index (χ4v) is 1.14. The Balaban J connectivity index is 3.09. The second-order valence-electron chi connectivity index (χ2n) is 2.55. The van der Waals surface area contributed by atoms with Crippen molar-refractivity contribution < 1.29 is 9.53 Å². The van der Waals surface area contributed by atoms with Gasteiger partial charge in [-0.2, -0.15) is 0 Å². The van der Waals surface area contributed by atoms with Gasteiger partial charge in [-0.1, -0.05) is 30.3 Å². The number of hydrogen-bond donors (Lipinski definition) is 0. The number of rotatable bonds is 2. The standard InChI is InChI=1S/C11H9ClO2/c1-3-10(11(13)14-2)8-4-6-9(12)7-5-8/h4-7H,1H2,2H3. The number of benzene rings is 1. The zero-order chi connectivity index (χ0) is 10.6. The summed E-state index contributed by atoms with van der Waals surface area (Å²) in [6.45, 7) is 3.43. The van der Waals surface area contributed by atoms with E-state index in [0.29, 0.717) is 16.2 Å². The van der Waals surface area contributed by atoms with Gasteiger partial charge in [-0.05, 0) is 17.7 Å². The molecule has 72 valence electrons. The Bertz CT molecular complexity index is 386. The van der Waals surface area contributed by atoms with Crippen LogP contribution in [0, 0.1) is 0 Å². The molecule has 0 saturated heterocycles. The molecule has 0 amide bonds. The van der Waals surface area contributed by atoms with Gasteiger partial charge < -0.3 is 4.74 Å². The van der Waals surface area contributed by atoms with Gasteiger partial charge in [-0.15, -0.1) is 5.73 Å². The van der Waals surface area contributed by atoms with Crippen LogP contribution in [-0.4, -0.2) is 13.1 Å². The number of esters is 1. The molecular weight excluding hydrogens is 200 g/mol. The highest BCUT2D eigenvalue weighted by Crippen LogP contribution is 2.17. The third-order valence-corrected chi connectivity index (χ3v) is 1.95. The van der Waals surface area contributed by atoms with Gasteiger partial charge in [0, 0.05) is 5.02 Å². The van der Waals surface area contributed by atoms with Crippen molar-refractivity contribution in [2.24, 2.45) is 0 Å². The number of methoxy groups -OCH3 is 1. The van der Waals surface area contributed by atoms with Gasteiger partial charge in [-0.3, -0.25) is 0 Å². The molecule has 0 saturated carbocycles. The van der Waals surface area contributed by atoms with Crippen molar-refractivity contribution in [1.82, 2.24) is 0 Å². The van der Waals surface area contributed by atoms with Gasteiger partial charge in [-0.25, -0.2) is 4.79 Å². The van der Waals surface area contributed by atoms with Crippen molar-refractivity contribution in [3.8, 4) is 0 Å². The predicted molar refractivity (Wildman–Crippen MR) is 56.0 cm³/mol. The van der Waals surface area contributed by atoms with E-state index in [0.717, 1.165) is 0 Å². The molecule has 1 rings (SSSR count). The first-order valence-electron chi connectivity index (χ1n) is 3.93. The lowest BCUT2D eigenvalue weighted by Crippen LogP contribution is -2.02. The van der Waals surface area contributed by atoms with Gasteiger partial charge in [0.05, 0.1) is 7.11 Å². The first-order valence-corrected chi connectivity index (χ1v) is 4.31. The van der Waals surface area contributed by atoms with Crippen LogP contribution >= 0.6 is 11.6 Å². The Morgan fingerprint density at radius 3 is 2.43 bits per heavy atom. The van der Waals surface area contributed by atoms with E-state index in [2.05, 4.69) is 17.0 Å². The molecule has 0 aliphatic rings. The molecule has 14 heavy (non-hydrogen) atoms.